The van der Waals surface area contributed by atoms with Crippen LogP contribution in [0.3, 0.4) is 0 Å². The van der Waals surface area contributed by atoms with E-state index < -0.39 is 5.54 Å². The van der Waals surface area contributed by atoms with Gasteiger partial charge in [-0.25, -0.2) is 4.79 Å². The predicted octanol–water partition coefficient (Wildman–Crippen LogP) is 3.98. The van der Waals surface area contributed by atoms with Gasteiger partial charge in [-0.2, -0.15) is 0 Å². The molecular formula is C15H20BrNO2. The van der Waals surface area contributed by atoms with Crippen molar-refractivity contribution in [3.8, 4) is 0 Å². The predicted molar refractivity (Wildman–Crippen MR) is 80.1 cm³/mol. The standard InChI is InChI=1S/C15H20BrNO2/c1-3-19-14(18)15(2,10-11-8-9-11)17-13-7-5-4-6-12(13)16/h4-7,11,17H,3,8-10H2,1-2H3. The van der Waals surface area contributed by atoms with Crippen LogP contribution in [0, 0.1) is 5.92 Å². The van der Waals surface area contributed by atoms with Crippen molar-refractivity contribution in [1.82, 2.24) is 0 Å². The zero-order chi connectivity index (χ0) is 13.9. The second-order valence-corrected chi connectivity index (χ2v) is 6.16. The van der Waals surface area contributed by atoms with Crippen LogP contribution in [-0.2, 0) is 9.53 Å². The summed E-state index contributed by atoms with van der Waals surface area (Å²) in [5, 5.41) is 3.36. The number of esters is 1. The van der Waals surface area contributed by atoms with Gasteiger partial charge in [0.2, 0.25) is 0 Å². The molecule has 0 heterocycles. The zero-order valence-electron chi connectivity index (χ0n) is 11.4. The highest BCUT2D eigenvalue weighted by molar-refractivity contribution is 9.10. The molecule has 0 amide bonds. The smallest absolute Gasteiger partial charge is 0.331 e. The first-order valence-electron chi connectivity index (χ1n) is 6.75. The molecule has 19 heavy (non-hydrogen) atoms. The third-order valence-corrected chi connectivity index (χ3v) is 4.10. The lowest BCUT2D eigenvalue weighted by atomic mass is 9.94. The number of halogens is 1. The second-order valence-electron chi connectivity index (χ2n) is 5.30. The van der Waals surface area contributed by atoms with E-state index in [9.17, 15) is 4.79 Å². The molecular weight excluding hydrogens is 306 g/mol. The summed E-state index contributed by atoms with van der Waals surface area (Å²) in [5.74, 6) is 0.474. The van der Waals surface area contributed by atoms with Crippen molar-refractivity contribution < 1.29 is 9.53 Å². The molecule has 0 spiro atoms. The lowest BCUT2D eigenvalue weighted by Crippen LogP contribution is -2.45. The third-order valence-electron chi connectivity index (χ3n) is 3.40. The van der Waals surface area contributed by atoms with Gasteiger partial charge in [0.15, 0.2) is 0 Å². The van der Waals surface area contributed by atoms with E-state index in [1.165, 1.54) is 12.8 Å². The van der Waals surface area contributed by atoms with E-state index in [4.69, 9.17) is 4.74 Å². The molecule has 2 rings (SSSR count). The summed E-state index contributed by atoms with van der Waals surface area (Å²) in [7, 11) is 0. The summed E-state index contributed by atoms with van der Waals surface area (Å²) in [4.78, 5) is 12.2. The average molecular weight is 326 g/mol. The van der Waals surface area contributed by atoms with Gasteiger partial charge in [-0.05, 0) is 54.2 Å². The van der Waals surface area contributed by atoms with Crippen LogP contribution >= 0.6 is 15.9 Å². The summed E-state index contributed by atoms with van der Waals surface area (Å²) < 4.78 is 6.19. The van der Waals surface area contributed by atoms with Crippen molar-refractivity contribution in [1.29, 1.82) is 0 Å². The first-order chi connectivity index (χ1) is 9.05. The molecule has 1 aliphatic rings. The Bertz CT molecular complexity index is 459. The summed E-state index contributed by atoms with van der Waals surface area (Å²) in [5.41, 5.74) is 0.278. The van der Waals surface area contributed by atoms with Crippen LogP contribution in [0.25, 0.3) is 0 Å². The van der Waals surface area contributed by atoms with Crippen LogP contribution in [0.2, 0.25) is 0 Å². The molecule has 0 saturated heterocycles. The van der Waals surface area contributed by atoms with E-state index in [-0.39, 0.29) is 5.97 Å². The van der Waals surface area contributed by atoms with E-state index in [2.05, 4.69) is 21.2 Å². The maximum Gasteiger partial charge on any atom is 0.331 e. The second kappa shape index (κ2) is 5.95. The number of rotatable bonds is 6. The summed E-state index contributed by atoms with van der Waals surface area (Å²) in [6.45, 7) is 4.19. The molecule has 1 N–H and O–H groups in total. The Morgan fingerprint density at radius 3 is 2.74 bits per heavy atom. The van der Waals surface area contributed by atoms with Gasteiger partial charge in [0.25, 0.3) is 0 Å². The first kappa shape index (κ1) is 14.4. The van der Waals surface area contributed by atoms with Gasteiger partial charge in [0.1, 0.15) is 5.54 Å². The monoisotopic (exact) mass is 325 g/mol. The highest BCUT2D eigenvalue weighted by Gasteiger charge is 2.40. The molecule has 104 valence electrons. The number of hydrogen-bond donors (Lipinski definition) is 1. The molecule has 0 aromatic heterocycles. The van der Waals surface area contributed by atoms with Gasteiger partial charge in [0.05, 0.1) is 6.61 Å². The minimum atomic E-state index is -0.652. The molecule has 1 aromatic rings. The average Bonchev–Trinajstić information content (AvgIpc) is 3.16. The Morgan fingerprint density at radius 2 is 2.16 bits per heavy atom. The molecule has 1 atom stereocenters. The van der Waals surface area contributed by atoms with Crippen LogP contribution in [-0.4, -0.2) is 18.1 Å². The molecule has 1 aromatic carbocycles. The van der Waals surface area contributed by atoms with Crippen molar-refractivity contribution in [3.63, 3.8) is 0 Å². The van der Waals surface area contributed by atoms with E-state index in [0.29, 0.717) is 12.5 Å². The van der Waals surface area contributed by atoms with E-state index >= 15 is 0 Å². The van der Waals surface area contributed by atoms with E-state index in [1.807, 2.05) is 38.1 Å². The number of nitrogens with one attached hydrogen (secondary N) is 1. The molecule has 4 heteroatoms. The number of hydrogen-bond acceptors (Lipinski definition) is 3. The van der Waals surface area contributed by atoms with Crippen molar-refractivity contribution >= 4 is 27.6 Å². The molecule has 1 aliphatic carbocycles. The third kappa shape index (κ3) is 3.72. The minimum Gasteiger partial charge on any atom is -0.464 e. The molecule has 1 unspecified atom stereocenters. The van der Waals surface area contributed by atoms with Crippen LogP contribution in [0.15, 0.2) is 28.7 Å². The Labute approximate surface area is 122 Å². The first-order valence-corrected chi connectivity index (χ1v) is 7.54. The molecule has 0 radical (unpaired) electrons. The molecule has 1 fully saturated rings. The number of carbonyl (C=O) groups is 1. The SMILES string of the molecule is CCOC(=O)C(C)(CC1CC1)Nc1ccccc1Br. The number of ether oxygens (including phenoxy) is 1. The summed E-state index contributed by atoms with van der Waals surface area (Å²) in [6, 6.07) is 7.84. The number of para-hydroxylation sites is 1. The number of anilines is 1. The molecule has 1 saturated carbocycles. The fourth-order valence-electron chi connectivity index (χ4n) is 2.23. The summed E-state index contributed by atoms with van der Waals surface area (Å²) >= 11 is 3.50. The maximum atomic E-state index is 12.2. The van der Waals surface area contributed by atoms with Gasteiger partial charge in [-0.1, -0.05) is 25.0 Å². The van der Waals surface area contributed by atoms with E-state index in [1.54, 1.807) is 0 Å². The van der Waals surface area contributed by atoms with Gasteiger partial charge in [-0.15, -0.1) is 0 Å². The van der Waals surface area contributed by atoms with Crippen LogP contribution in [0.4, 0.5) is 5.69 Å². The molecule has 0 aliphatic heterocycles. The minimum absolute atomic E-state index is 0.169. The van der Waals surface area contributed by atoms with Crippen molar-refractivity contribution in [2.45, 2.75) is 38.6 Å². The lowest BCUT2D eigenvalue weighted by molar-refractivity contribution is -0.148. The van der Waals surface area contributed by atoms with Gasteiger partial charge < -0.3 is 10.1 Å². The highest BCUT2D eigenvalue weighted by Crippen LogP contribution is 2.39. The Balaban J connectivity index is 2.17. The van der Waals surface area contributed by atoms with Crippen molar-refractivity contribution in [2.24, 2.45) is 5.92 Å². The van der Waals surface area contributed by atoms with Crippen LogP contribution in [0.5, 0.6) is 0 Å². The van der Waals surface area contributed by atoms with E-state index in [0.717, 1.165) is 16.6 Å². The van der Waals surface area contributed by atoms with Crippen molar-refractivity contribution in [3.05, 3.63) is 28.7 Å². The highest BCUT2D eigenvalue weighted by atomic mass is 79.9. The fraction of sp³-hybridized carbons (Fsp3) is 0.533. The quantitative estimate of drug-likeness (QED) is 0.804. The van der Waals surface area contributed by atoms with Crippen molar-refractivity contribution in [2.75, 3.05) is 11.9 Å². The zero-order valence-corrected chi connectivity index (χ0v) is 13.0. The Hall–Kier alpha value is -1.03. The normalized spacial score (nSPS) is 17.6. The van der Waals surface area contributed by atoms with Gasteiger partial charge in [0, 0.05) is 10.2 Å². The molecule has 0 bridgehead atoms. The van der Waals surface area contributed by atoms with Crippen LogP contribution < -0.4 is 5.32 Å². The largest absolute Gasteiger partial charge is 0.464 e. The number of benzene rings is 1. The van der Waals surface area contributed by atoms with Crippen LogP contribution in [0.1, 0.15) is 33.1 Å². The van der Waals surface area contributed by atoms with Gasteiger partial charge in [-0.3, -0.25) is 0 Å². The fourth-order valence-corrected chi connectivity index (χ4v) is 2.62. The Kier molecular flexibility index (Phi) is 4.50. The van der Waals surface area contributed by atoms with Gasteiger partial charge >= 0.3 is 5.97 Å². The topological polar surface area (TPSA) is 38.3 Å². The Morgan fingerprint density at radius 1 is 1.47 bits per heavy atom. The number of carbonyl (C=O) groups excluding carboxylic acids is 1. The summed E-state index contributed by atoms with van der Waals surface area (Å²) in [6.07, 6.45) is 3.26. The lowest BCUT2D eigenvalue weighted by Gasteiger charge is -2.30. The maximum absolute atomic E-state index is 12.2. The molecule has 3 nitrogen and oxygen atoms in total.